The monoisotopic (exact) mass is 550 g/mol. The number of benzene rings is 1. The predicted octanol–water partition coefficient (Wildman–Crippen LogP) is 4.85. The minimum atomic E-state index is -1.04. The highest BCUT2D eigenvalue weighted by Crippen LogP contribution is 2.46. The first-order chi connectivity index (χ1) is 19.9. The van der Waals surface area contributed by atoms with Gasteiger partial charge in [0.1, 0.15) is 18.7 Å². The largest absolute Gasteiger partial charge is 0.530 e. The molecule has 0 saturated carbocycles. The summed E-state index contributed by atoms with van der Waals surface area (Å²) in [4.78, 5) is 33.0. The molecule has 0 spiro atoms. The van der Waals surface area contributed by atoms with Crippen LogP contribution in [0.25, 0.3) is 11.1 Å². The van der Waals surface area contributed by atoms with E-state index >= 15 is 0 Å². The highest BCUT2D eigenvalue weighted by molar-refractivity contribution is 5.71. The van der Waals surface area contributed by atoms with Gasteiger partial charge in [-0.3, -0.25) is 9.97 Å². The van der Waals surface area contributed by atoms with Crippen LogP contribution < -0.4 is 5.11 Å². The molecule has 2 aliphatic carbocycles. The molecule has 0 bridgehead atoms. The average molecular weight is 551 g/mol. The quantitative estimate of drug-likeness (QED) is 0.466. The molecule has 1 aromatic carbocycles. The normalized spacial score (nSPS) is 27.8. The fourth-order valence-electron chi connectivity index (χ4n) is 7.21. The third-order valence-corrected chi connectivity index (χ3v) is 9.24. The minimum Gasteiger partial charge on any atom is -0.530 e. The first-order valence-electron chi connectivity index (χ1n) is 14.3. The zero-order chi connectivity index (χ0) is 28.4. The molecule has 8 heteroatoms. The molecule has 2 fully saturated rings. The van der Waals surface area contributed by atoms with Crippen LogP contribution in [0.15, 0.2) is 91.5 Å². The number of pyridine rings is 2. The van der Waals surface area contributed by atoms with Crippen LogP contribution in [0.2, 0.25) is 0 Å². The van der Waals surface area contributed by atoms with Crippen LogP contribution in [0, 0.1) is 11.8 Å². The lowest BCUT2D eigenvalue weighted by Gasteiger charge is -2.33. The number of hydrogen-bond acceptors (Lipinski definition) is 5. The van der Waals surface area contributed by atoms with Crippen LogP contribution in [0.5, 0.6) is 0 Å². The van der Waals surface area contributed by atoms with E-state index < -0.39 is 12.2 Å². The van der Waals surface area contributed by atoms with Crippen LogP contribution in [-0.2, 0) is 6.54 Å². The van der Waals surface area contributed by atoms with Gasteiger partial charge in [-0.1, -0.05) is 48.5 Å². The maximum absolute atomic E-state index is 12.2. The number of quaternary nitrogens is 1. The molecule has 210 valence electrons. The van der Waals surface area contributed by atoms with Crippen LogP contribution in [0.3, 0.4) is 0 Å². The summed E-state index contributed by atoms with van der Waals surface area (Å²) in [7, 11) is 0. The first-order valence-corrected chi connectivity index (χ1v) is 14.3. The molecule has 2 aliphatic heterocycles. The molecular formula is C33H34N4O4. The molecule has 2 aromatic heterocycles. The summed E-state index contributed by atoms with van der Waals surface area (Å²) < 4.78 is 0.123. The van der Waals surface area contributed by atoms with Crippen molar-refractivity contribution in [2.24, 2.45) is 11.8 Å². The van der Waals surface area contributed by atoms with Crippen molar-refractivity contribution >= 4 is 23.3 Å². The standard InChI is InChI=1S/C20H20N2O2.C13H14N2O2/c23-20(24)22(14-15-5-2-1-3-6-15)10-8-16-11-18(12-19(16)22)17-7-4-9-21-13-17;16-13(17)15-5-3-9-6-11(7-12(9)15)10-2-1-4-14-8-10/h1-7,9,12-13,16,19H,8,10-11,14H2;1-2,4,6,8-9,12H,3,5,7H2,(H,16,17). The molecule has 5 atom stereocenters. The van der Waals surface area contributed by atoms with Crippen molar-refractivity contribution in [3.8, 4) is 0 Å². The number of carbonyl (C=O) groups excluding carboxylic acids is 1. The Balaban J connectivity index is 0.000000156. The van der Waals surface area contributed by atoms with E-state index in [4.69, 9.17) is 0 Å². The summed E-state index contributed by atoms with van der Waals surface area (Å²) in [5.41, 5.74) is 5.76. The second kappa shape index (κ2) is 11.3. The van der Waals surface area contributed by atoms with E-state index in [9.17, 15) is 19.8 Å². The molecular weight excluding hydrogens is 516 g/mol. The lowest BCUT2D eigenvalue weighted by molar-refractivity contribution is -0.877. The zero-order valence-corrected chi connectivity index (χ0v) is 22.9. The summed E-state index contributed by atoms with van der Waals surface area (Å²) in [6.07, 6.45) is 13.5. The van der Waals surface area contributed by atoms with Gasteiger partial charge in [-0.25, -0.2) is 4.48 Å². The van der Waals surface area contributed by atoms with Crippen LogP contribution >= 0.6 is 0 Å². The molecule has 4 heterocycles. The Morgan fingerprint density at radius 2 is 1.59 bits per heavy atom. The lowest BCUT2D eigenvalue weighted by atomic mass is 9.99. The van der Waals surface area contributed by atoms with Gasteiger partial charge >= 0.3 is 6.09 Å². The second-order valence-electron chi connectivity index (χ2n) is 11.5. The number of allylic oxidation sites excluding steroid dienone is 1. The van der Waals surface area contributed by atoms with Gasteiger partial charge in [-0.2, -0.15) is 4.79 Å². The smallest absolute Gasteiger partial charge is 0.514 e. The molecule has 4 aliphatic rings. The maximum Gasteiger partial charge on any atom is 0.514 e. The summed E-state index contributed by atoms with van der Waals surface area (Å²) in [5, 5.41) is 21.0. The Morgan fingerprint density at radius 1 is 0.902 bits per heavy atom. The lowest BCUT2D eigenvalue weighted by Crippen LogP contribution is -2.54. The third kappa shape index (κ3) is 5.27. The molecule has 0 radical (unpaired) electrons. The highest BCUT2D eigenvalue weighted by atomic mass is 16.4. The van der Waals surface area contributed by atoms with Gasteiger partial charge in [-0.05, 0) is 65.7 Å². The molecule has 41 heavy (non-hydrogen) atoms. The van der Waals surface area contributed by atoms with Gasteiger partial charge in [0.05, 0.1) is 6.54 Å². The number of amides is 2. The number of rotatable bonds is 4. The minimum absolute atomic E-state index is 0.0536. The third-order valence-electron chi connectivity index (χ3n) is 9.24. The van der Waals surface area contributed by atoms with Gasteiger partial charge < -0.3 is 19.9 Å². The molecule has 7 rings (SSSR count). The van der Waals surface area contributed by atoms with Gasteiger partial charge in [0.2, 0.25) is 0 Å². The van der Waals surface area contributed by atoms with E-state index in [1.165, 1.54) is 16.0 Å². The number of nitrogens with zero attached hydrogens (tertiary/aromatic N) is 4. The number of carbonyl (C=O) groups is 2. The maximum atomic E-state index is 12.2. The van der Waals surface area contributed by atoms with Crippen LogP contribution in [0.4, 0.5) is 9.59 Å². The number of aromatic nitrogens is 2. The molecule has 3 aromatic rings. The number of fused-ring (bicyclic) bond motifs is 2. The van der Waals surface area contributed by atoms with Gasteiger partial charge in [0.25, 0.3) is 0 Å². The molecule has 2 saturated heterocycles. The second-order valence-corrected chi connectivity index (χ2v) is 11.5. The number of carboxylic acid groups (broad SMARTS) is 2. The van der Waals surface area contributed by atoms with Crippen molar-refractivity contribution in [3.63, 3.8) is 0 Å². The molecule has 8 nitrogen and oxygen atoms in total. The van der Waals surface area contributed by atoms with Crippen LogP contribution in [0.1, 0.15) is 42.4 Å². The van der Waals surface area contributed by atoms with Crippen molar-refractivity contribution in [2.45, 2.75) is 44.3 Å². The highest BCUT2D eigenvalue weighted by Gasteiger charge is 2.55. The SMILES string of the molecule is O=C(O)[N+]1(Cc2ccccc2)CCC2CC(c3cccnc3)=CC21.O=C([O-])N1CCC2C=C(c3cccnc3)CC21. The molecule has 5 unspecified atom stereocenters. The van der Waals surface area contributed by atoms with E-state index in [1.807, 2.05) is 60.9 Å². The van der Waals surface area contributed by atoms with E-state index in [1.54, 1.807) is 12.4 Å². The van der Waals surface area contributed by atoms with Crippen molar-refractivity contribution in [1.82, 2.24) is 14.9 Å². The summed E-state index contributed by atoms with van der Waals surface area (Å²) >= 11 is 0. The van der Waals surface area contributed by atoms with E-state index in [-0.39, 0.29) is 16.6 Å². The Bertz CT molecular complexity index is 1460. The number of hydrogen-bond donors (Lipinski definition) is 1. The van der Waals surface area contributed by atoms with Crippen LogP contribution in [-0.4, -0.2) is 61.8 Å². The van der Waals surface area contributed by atoms with Crippen molar-refractivity contribution in [2.75, 3.05) is 13.1 Å². The van der Waals surface area contributed by atoms with Crippen molar-refractivity contribution in [1.29, 1.82) is 0 Å². The fourth-order valence-corrected chi connectivity index (χ4v) is 7.21. The topological polar surface area (TPSA) is 106 Å². The zero-order valence-electron chi connectivity index (χ0n) is 22.9. The Kier molecular flexibility index (Phi) is 7.41. The number of likely N-dealkylation sites (tertiary alicyclic amines) is 2. The Morgan fingerprint density at radius 3 is 2.20 bits per heavy atom. The summed E-state index contributed by atoms with van der Waals surface area (Å²) in [6, 6.07) is 18.0. The van der Waals surface area contributed by atoms with Crippen molar-refractivity contribution < 1.29 is 24.3 Å². The predicted molar refractivity (Wildman–Crippen MR) is 153 cm³/mol. The Hall–Kier alpha value is -4.30. The summed E-state index contributed by atoms with van der Waals surface area (Å²) in [5.74, 6) is 0.767. The summed E-state index contributed by atoms with van der Waals surface area (Å²) in [6.45, 7) is 1.86. The van der Waals surface area contributed by atoms with E-state index in [0.29, 0.717) is 31.5 Å². The fraction of sp³-hybridized carbons (Fsp3) is 0.333. The Labute approximate surface area is 239 Å². The average Bonchev–Trinajstić information content (AvgIpc) is 3.77. The van der Waals surface area contributed by atoms with Gasteiger partial charge in [-0.15, -0.1) is 0 Å². The molecule has 1 N–H and O–H groups in total. The van der Waals surface area contributed by atoms with Crippen molar-refractivity contribution in [3.05, 3.63) is 108 Å². The van der Waals surface area contributed by atoms with Gasteiger partial charge in [0.15, 0.2) is 0 Å². The van der Waals surface area contributed by atoms with Gasteiger partial charge in [0, 0.05) is 55.3 Å². The van der Waals surface area contributed by atoms with E-state index in [2.05, 4.69) is 28.2 Å². The molecule has 2 amide bonds. The first kappa shape index (κ1) is 26.9. The van der Waals surface area contributed by atoms with E-state index in [0.717, 1.165) is 42.4 Å².